The smallest absolute Gasteiger partial charge is 0.0395 e. The maximum atomic E-state index is 5.96. The summed E-state index contributed by atoms with van der Waals surface area (Å²) in [6.07, 6.45) is 4.93. The zero-order valence-electron chi connectivity index (χ0n) is 10.3. The first kappa shape index (κ1) is 12.2. The molecule has 0 aliphatic rings. The third-order valence-electron chi connectivity index (χ3n) is 2.76. The zero-order valence-corrected chi connectivity index (χ0v) is 11.1. The molecule has 0 aliphatic carbocycles. The number of aromatic nitrogens is 1. The molecule has 3 heteroatoms. The van der Waals surface area contributed by atoms with Gasteiger partial charge in [0, 0.05) is 33.7 Å². The van der Waals surface area contributed by atoms with Gasteiger partial charge in [-0.3, -0.25) is 4.98 Å². The van der Waals surface area contributed by atoms with Crippen LogP contribution in [-0.2, 0) is 0 Å². The maximum Gasteiger partial charge on any atom is 0.0395 e. The summed E-state index contributed by atoms with van der Waals surface area (Å²) in [5, 5.41) is 2.27. The van der Waals surface area contributed by atoms with Crippen LogP contribution < -0.4 is 5.73 Å². The van der Waals surface area contributed by atoms with Gasteiger partial charge in [-0.2, -0.15) is 0 Å². The van der Waals surface area contributed by atoms with Crippen LogP contribution in [0.2, 0.25) is 0 Å². The number of nitrogen functional groups attached to an aromatic ring is 1. The number of nitrogens with two attached hydrogens (primary N) is 1. The monoisotopic (exact) mass is 246 g/mol. The van der Waals surface area contributed by atoms with E-state index in [9.17, 15) is 0 Å². The lowest BCUT2D eigenvalue weighted by Gasteiger charge is -2.09. The lowest BCUT2D eigenvalue weighted by atomic mass is 10.1. The second-order valence-corrected chi connectivity index (χ2v) is 5.74. The highest BCUT2D eigenvalue weighted by Crippen LogP contribution is 2.31. The van der Waals surface area contributed by atoms with Gasteiger partial charge < -0.3 is 5.73 Å². The summed E-state index contributed by atoms with van der Waals surface area (Å²) < 4.78 is 0. The van der Waals surface area contributed by atoms with Crippen LogP contribution in [0.4, 0.5) is 5.69 Å². The van der Waals surface area contributed by atoms with Gasteiger partial charge >= 0.3 is 0 Å². The minimum absolute atomic E-state index is 0.751. The quantitative estimate of drug-likeness (QED) is 0.655. The van der Waals surface area contributed by atoms with Crippen molar-refractivity contribution < 1.29 is 0 Å². The molecule has 1 heterocycles. The number of hydrogen-bond donors (Lipinski definition) is 1. The number of fused-ring (bicyclic) bond motifs is 1. The van der Waals surface area contributed by atoms with E-state index in [1.165, 1.54) is 16.7 Å². The summed E-state index contributed by atoms with van der Waals surface area (Å²) in [7, 11) is 0. The predicted octanol–water partition coefficient (Wildman–Crippen LogP) is 3.96. The number of hydrogen-bond acceptors (Lipinski definition) is 3. The molecule has 17 heavy (non-hydrogen) atoms. The summed E-state index contributed by atoms with van der Waals surface area (Å²) in [6, 6.07) is 6.07. The summed E-state index contributed by atoms with van der Waals surface area (Å²) >= 11 is 1.89. The molecule has 0 radical (unpaired) electrons. The first-order valence-corrected chi connectivity index (χ1v) is 6.92. The van der Waals surface area contributed by atoms with E-state index < -0.39 is 0 Å². The van der Waals surface area contributed by atoms with Gasteiger partial charge in [0.1, 0.15) is 0 Å². The summed E-state index contributed by atoms with van der Waals surface area (Å²) in [5.74, 6) is 1.90. The van der Waals surface area contributed by atoms with Crippen LogP contribution in [0.15, 0.2) is 35.5 Å². The van der Waals surface area contributed by atoms with Gasteiger partial charge in [0.05, 0.1) is 0 Å². The van der Waals surface area contributed by atoms with E-state index >= 15 is 0 Å². The molecule has 0 fully saturated rings. The van der Waals surface area contributed by atoms with Crippen LogP contribution in [0.1, 0.15) is 20.3 Å². The van der Waals surface area contributed by atoms with Crippen molar-refractivity contribution in [3.8, 4) is 0 Å². The van der Waals surface area contributed by atoms with Gasteiger partial charge in [-0.25, -0.2) is 0 Å². The van der Waals surface area contributed by atoms with Crippen molar-refractivity contribution in [2.24, 2.45) is 5.92 Å². The largest absolute Gasteiger partial charge is 0.398 e. The summed E-state index contributed by atoms with van der Waals surface area (Å²) in [5.41, 5.74) is 6.79. The van der Waals surface area contributed by atoms with Gasteiger partial charge in [0.2, 0.25) is 0 Å². The molecule has 2 rings (SSSR count). The summed E-state index contributed by atoms with van der Waals surface area (Å²) in [6.45, 7) is 4.51. The van der Waals surface area contributed by atoms with Crippen LogP contribution in [0, 0.1) is 5.92 Å². The zero-order chi connectivity index (χ0) is 12.3. The van der Waals surface area contributed by atoms with Crippen molar-refractivity contribution in [1.82, 2.24) is 4.98 Å². The molecule has 2 N–H and O–H groups in total. The lowest BCUT2D eigenvalue weighted by Crippen LogP contribution is -1.92. The van der Waals surface area contributed by atoms with Crippen LogP contribution in [0.5, 0.6) is 0 Å². The molecule has 0 bridgehead atoms. The van der Waals surface area contributed by atoms with Gasteiger partial charge in [0.25, 0.3) is 0 Å². The molecule has 0 spiro atoms. The molecule has 2 aromatic rings. The molecule has 0 amide bonds. The highest BCUT2D eigenvalue weighted by Gasteiger charge is 2.05. The molecular formula is C14H18N2S. The molecular weight excluding hydrogens is 228 g/mol. The third kappa shape index (κ3) is 2.91. The average molecular weight is 246 g/mol. The van der Waals surface area contributed by atoms with Gasteiger partial charge in [-0.05, 0) is 36.3 Å². The Morgan fingerprint density at radius 3 is 2.82 bits per heavy atom. The van der Waals surface area contributed by atoms with E-state index in [0.29, 0.717) is 0 Å². The van der Waals surface area contributed by atoms with Crippen molar-refractivity contribution >= 4 is 28.2 Å². The van der Waals surface area contributed by atoms with Gasteiger partial charge in [-0.1, -0.05) is 13.8 Å². The molecule has 0 saturated heterocycles. The summed E-state index contributed by atoms with van der Waals surface area (Å²) in [4.78, 5) is 5.47. The number of benzene rings is 1. The van der Waals surface area contributed by atoms with Crippen LogP contribution in [-0.4, -0.2) is 10.7 Å². The van der Waals surface area contributed by atoms with E-state index in [1.807, 2.05) is 30.1 Å². The molecule has 2 nitrogen and oxygen atoms in total. The second kappa shape index (κ2) is 5.41. The fourth-order valence-corrected chi connectivity index (χ4v) is 3.01. The first-order chi connectivity index (χ1) is 8.18. The van der Waals surface area contributed by atoms with Crippen LogP contribution >= 0.6 is 11.8 Å². The van der Waals surface area contributed by atoms with Crippen molar-refractivity contribution in [1.29, 1.82) is 0 Å². The number of thioether (sulfide) groups is 1. The van der Waals surface area contributed by atoms with E-state index in [-0.39, 0.29) is 0 Å². The maximum absolute atomic E-state index is 5.96. The number of anilines is 1. The van der Waals surface area contributed by atoms with E-state index in [1.54, 1.807) is 6.20 Å². The number of nitrogens with zero attached hydrogens (tertiary/aromatic N) is 1. The Balaban J connectivity index is 2.26. The Labute approximate surface area is 107 Å². The molecule has 0 unspecified atom stereocenters. The normalized spacial score (nSPS) is 11.2. The van der Waals surface area contributed by atoms with Gasteiger partial charge in [0.15, 0.2) is 0 Å². The van der Waals surface area contributed by atoms with E-state index in [0.717, 1.165) is 22.7 Å². The topological polar surface area (TPSA) is 38.9 Å². The molecule has 0 aliphatic heterocycles. The van der Waals surface area contributed by atoms with Crippen LogP contribution in [0.3, 0.4) is 0 Å². The molecule has 0 atom stereocenters. The van der Waals surface area contributed by atoms with Crippen LogP contribution in [0.25, 0.3) is 10.8 Å². The Morgan fingerprint density at radius 2 is 2.06 bits per heavy atom. The Bertz CT molecular complexity index is 509. The van der Waals surface area contributed by atoms with Crippen molar-refractivity contribution in [2.45, 2.75) is 25.2 Å². The Hall–Kier alpha value is -1.22. The minimum Gasteiger partial charge on any atom is -0.398 e. The van der Waals surface area contributed by atoms with E-state index in [4.69, 9.17) is 5.73 Å². The fraction of sp³-hybridized carbons (Fsp3) is 0.357. The minimum atomic E-state index is 0.751. The Morgan fingerprint density at radius 1 is 1.24 bits per heavy atom. The average Bonchev–Trinajstić information content (AvgIpc) is 2.32. The highest BCUT2D eigenvalue weighted by atomic mass is 32.2. The predicted molar refractivity (Wildman–Crippen MR) is 76.3 cm³/mol. The first-order valence-electron chi connectivity index (χ1n) is 5.93. The van der Waals surface area contributed by atoms with Crippen molar-refractivity contribution in [3.05, 3.63) is 30.6 Å². The second-order valence-electron chi connectivity index (χ2n) is 4.61. The van der Waals surface area contributed by atoms with Gasteiger partial charge in [-0.15, -0.1) is 11.8 Å². The van der Waals surface area contributed by atoms with Crippen molar-refractivity contribution in [3.63, 3.8) is 0 Å². The molecule has 90 valence electrons. The number of pyridine rings is 1. The molecule has 1 aromatic carbocycles. The van der Waals surface area contributed by atoms with Crippen molar-refractivity contribution in [2.75, 3.05) is 11.5 Å². The lowest BCUT2D eigenvalue weighted by molar-refractivity contribution is 0.632. The SMILES string of the molecule is CC(C)CCSc1ccc(N)c2ccncc12. The fourth-order valence-electron chi connectivity index (χ4n) is 1.72. The Kier molecular flexibility index (Phi) is 3.89. The third-order valence-corrected chi connectivity index (χ3v) is 3.87. The molecule has 0 saturated carbocycles. The standard InChI is InChI=1S/C14H18N2S/c1-10(2)6-8-17-14-4-3-13(15)11-5-7-16-9-12(11)14/h3-5,7,9-10H,6,8,15H2,1-2H3. The molecule has 1 aromatic heterocycles. The highest BCUT2D eigenvalue weighted by molar-refractivity contribution is 7.99. The number of rotatable bonds is 4. The van der Waals surface area contributed by atoms with E-state index in [2.05, 4.69) is 24.9 Å².